The molecule has 0 spiro atoms. The number of benzene rings is 2. The summed E-state index contributed by atoms with van der Waals surface area (Å²) in [6.07, 6.45) is 0.720. The summed E-state index contributed by atoms with van der Waals surface area (Å²) in [6, 6.07) is 11.6. The molecule has 10 heteroatoms. The Balaban J connectivity index is 1.43. The van der Waals surface area contributed by atoms with Crippen molar-refractivity contribution in [3.8, 4) is 11.5 Å². The maximum Gasteiger partial charge on any atom is 0.241 e. The van der Waals surface area contributed by atoms with E-state index < -0.39 is 28.5 Å². The van der Waals surface area contributed by atoms with Gasteiger partial charge in [-0.1, -0.05) is 26.0 Å². The molecule has 1 atom stereocenters. The number of fused-ring (bicyclic) bond motifs is 2. The van der Waals surface area contributed by atoms with E-state index in [1.165, 1.54) is 12.1 Å². The normalized spacial score (nSPS) is 14.8. The molecule has 4 rings (SSSR count). The van der Waals surface area contributed by atoms with Crippen molar-refractivity contribution in [2.45, 2.75) is 31.2 Å². The van der Waals surface area contributed by atoms with Crippen molar-refractivity contribution >= 4 is 27.0 Å². The van der Waals surface area contributed by atoms with Gasteiger partial charge in [0.2, 0.25) is 15.9 Å². The highest BCUT2D eigenvalue weighted by Gasteiger charge is 2.24. The van der Waals surface area contributed by atoms with Crippen molar-refractivity contribution in [3.63, 3.8) is 0 Å². The maximum absolute atomic E-state index is 12.7. The van der Waals surface area contributed by atoms with Gasteiger partial charge in [0, 0.05) is 12.5 Å². The Morgan fingerprint density at radius 1 is 1.12 bits per heavy atom. The summed E-state index contributed by atoms with van der Waals surface area (Å²) in [7, 11) is -3.91. The Bertz CT molecular complexity index is 1190. The van der Waals surface area contributed by atoms with E-state index in [1.54, 1.807) is 6.07 Å². The fourth-order valence-corrected chi connectivity index (χ4v) is 4.45. The van der Waals surface area contributed by atoms with Gasteiger partial charge in [-0.3, -0.25) is 4.79 Å². The first-order valence-corrected chi connectivity index (χ1v) is 11.9. The van der Waals surface area contributed by atoms with Gasteiger partial charge < -0.3 is 19.8 Å². The topological polar surface area (TPSA) is 122 Å². The average Bonchev–Trinajstić information content (AvgIpc) is 3.05. The van der Waals surface area contributed by atoms with E-state index in [0.29, 0.717) is 30.5 Å². The number of para-hydroxylation sites is 2. The van der Waals surface area contributed by atoms with Crippen LogP contribution in [0.15, 0.2) is 47.4 Å². The van der Waals surface area contributed by atoms with Crippen LogP contribution in [0.2, 0.25) is 0 Å². The highest BCUT2D eigenvalue weighted by Crippen LogP contribution is 2.31. The molecule has 1 aromatic heterocycles. The van der Waals surface area contributed by atoms with Gasteiger partial charge in [-0.25, -0.2) is 18.1 Å². The molecule has 9 nitrogen and oxygen atoms in total. The minimum absolute atomic E-state index is 0.00671. The average molecular weight is 459 g/mol. The van der Waals surface area contributed by atoms with Crippen LogP contribution in [-0.4, -0.2) is 44.1 Å². The second-order valence-corrected chi connectivity index (χ2v) is 9.68. The number of aromatic nitrogens is 2. The van der Waals surface area contributed by atoms with Crippen molar-refractivity contribution in [1.82, 2.24) is 20.0 Å². The Kier molecular flexibility index (Phi) is 6.33. The van der Waals surface area contributed by atoms with Gasteiger partial charge in [-0.05, 0) is 30.2 Å². The van der Waals surface area contributed by atoms with E-state index in [4.69, 9.17) is 9.47 Å². The molecule has 2 heterocycles. The van der Waals surface area contributed by atoms with E-state index in [1.807, 2.05) is 38.1 Å². The molecule has 1 aliphatic heterocycles. The molecule has 0 unspecified atom stereocenters. The van der Waals surface area contributed by atoms with Crippen LogP contribution in [0.5, 0.6) is 11.5 Å². The molecule has 0 saturated carbocycles. The van der Waals surface area contributed by atoms with Gasteiger partial charge in [-0.15, -0.1) is 0 Å². The molecule has 0 saturated heterocycles. The standard InChI is InChI=1S/C22H26N4O5S/c1-14(2)21(22-24-16-6-3-4-7-17(16)25-22)26-20(27)13-23-32(28,29)15-8-9-18-19(12-15)31-11-5-10-30-18/h3-4,6-9,12,14,21,23H,5,10-11,13H2,1-2H3,(H,24,25)(H,26,27)/t21-/m0/s1. The molecular formula is C22H26N4O5S. The highest BCUT2D eigenvalue weighted by molar-refractivity contribution is 7.89. The lowest BCUT2D eigenvalue weighted by atomic mass is 10.0. The summed E-state index contributed by atoms with van der Waals surface area (Å²) in [4.78, 5) is 20.4. The number of hydrogen-bond acceptors (Lipinski definition) is 6. The summed E-state index contributed by atoms with van der Waals surface area (Å²) in [5.41, 5.74) is 1.68. The van der Waals surface area contributed by atoms with Gasteiger partial charge in [0.15, 0.2) is 11.5 Å². The van der Waals surface area contributed by atoms with E-state index >= 15 is 0 Å². The van der Waals surface area contributed by atoms with Crippen LogP contribution in [0.1, 0.15) is 32.1 Å². The third-order valence-electron chi connectivity index (χ3n) is 5.14. The van der Waals surface area contributed by atoms with Crippen molar-refractivity contribution in [3.05, 3.63) is 48.3 Å². The third kappa shape index (κ3) is 4.86. The fraction of sp³-hybridized carbons (Fsp3) is 0.364. The second-order valence-electron chi connectivity index (χ2n) is 7.91. The summed E-state index contributed by atoms with van der Waals surface area (Å²) in [6.45, 7) is 4.48. The number of nitrogens with one attached hydrogen (secondary N) is 3. The molecule has 2 aromatic carbocycles. The van der Waals surface area contributed by atoms with Crippen LogP contribution in [0, 0.1) is 5.92 Å². The Morgan fingerprint density at radius 3 is 2.62 bits per heavy atom. The molecule has 3 N–H and O–H groups in total. The van der Waals surface area contributed by atoms with E-state index in [9.17, 15) is 13.2 Å². The van der Waals surface area contributed by atoms with Crippen molar-refractivity contribution in [2.24, 2.45) is 5.92 Å². The number of imidazole rings is 1. The van der Waals surface area contributed by atoms with Gasteiger partial charge in [0.1, 0.15) is 5.82 Å². The first kappa shape index (κ1) is 22.1. The molecule has 3 aromatic rings. The van der Waals surface area contributed by atoms with E-state index in [-0.39, 0.29) is 10.8 Å². The predicted octanol–water partition coefficient (Wildman–Crippen LogP) is 2.52. The van der Waals surface area contributed by atoms with Crippen LogP contribution >= 0.6 is 0 Å². The van der Waals surface area contributed by atoms with Crippen molar-refractivity contribution < 1.29 is 22.7 Å². The largest absolute Gasteiger partial charge is 0.490 e. The van der Waals surface area contributed by atoms with Crippen molar-refractivity contribution in [2.75, 3.05) is 19.8 Å². The van der Waals surface area contributed by atoms with Crippen LogP contribution in [-0.2, 0) is 14.8 Å². The van der Waals surface area contributed by atoms with Crippen molar-refractivity contribution in [1.29, 1.82) is 0 Å². The van der Waals surface area contributed by atoms with Gasteiger partial charge in [0.25, 0.3) is 0 Å². The molecule has 0 radical (unpaired) electrons. The molecule has 0 bridgehead atoms. The van der Waals surface area contributed by atoms with Crippen LogP contribution in [0.4, 0.5) is 0 Å². The van der Waals surface area contributed by atoms with E-state index in [0.717, 1.165) is 17.5 Å². The van der Waals surface area contributed by atoms with Gasteiger partial charge >= 0.3 is 0 Å². The number of carbonyl (C=O) groups excluding carboxylic acids is 1. The highest BCUT2D eigenvalue weighted by atomic mass is 32.2. The summed E-state index contributed by atoms with van der Waals surface area (Å²) < 4.78 is 38.9. The number of hydrogen-bond donors (Lipinski definition) is 3. The molecule has 0 fully saturated rings. The van der Waals surface area contributed by atoms with Crippen LogP contribution in [0.25, 0.3) is 11.0 Å². The minimum Gasteiger partial charge on any atom is -0.490 e. The molecular weight excluding hydrogens is 432 g/mol. The van der Waals surface area contributed by atoms with Crippen LogP contribution < -0.4 is 19.5 Å². The van der Waals surface area contributed by atoms with Crippen LogP contribution in [0.3, 0.4) is 0 Å². The summed E-state index contributed by atoms with van der Waals surface area (Å²) in [5, 5.41) is 2.87. The number of rotatable bonds is 7. The lowest BCUT2D eigenvalue weighted by Gasteiger charge is -2.20. The van der Waals surface area contributed by atoms with Gasteiger partial charge in [0.05, 0.1) is 41.7 Å². The number of aromatic amines is 1. The summed E-state index contributed by atoms with van der Waals surface area (Å²) >= 11 is 0. The number of nitrogens with zero attached hydrogens (tertiary/aromatic N) is 1. The SMILES string of the molecule is CC(C)[C@H](NC(=O)CNS(=O)(=O)c1ccc2c(c1)OCCCO2)c1nc2ccccc2[nH]1. The Hall–Kier alpha value is -3.11. The quantitative estimate of drug-likeness (QED) is 0.500. The number of amides is 1. The Labute approximate surface area is 186 Å². The first-order valence-electron chi connectivity index (χ1n) is 10.5. The predicted molar refractivity (Wildman–Crippen MR) is 119 cm³/mol. The monoisotopic (exact) mass is 458 g/mol. The van der Waals surface area contributed by atoms with E-state index in [2.05, 4.69) is 20.0 Å². The third-order valence-corrected chi connectivity index (χ3v) is 6.54. The van der Waals surface area contributed by atoms with Gasteiger partial charge in [-0.2, -0.15) is 0 Å². The molecule has 32 heavy (non-hydrogen) atoms. The maximum atomic E-state index is 12.7. The zero-order valence-electron chi connectivity index (χ0n) is 17.9. The zero-order valence-corrected chi connectivity index (χ0v) is 18.7. The summed E-state index contributed by atoms with van der Waals surface area (Å²) in [5.74, 6) is 1.09. The lowest BCUT2D eigenvalue weighted by molar-refractivity contribution is -0.121. The molecule has 1 aliphatic rings. The second kappa shape index (κ2) is 9.17. The minimum atomic E-state index is -3.91. The first-order chi connectivity index (χ1) is 15.3. The number of sulfonamides is 1. The number of H-pyrrole nitrogens is 1. The zero-order chi connectivity index (χ0) is 22.7. The molecule has 1 amide bonds. The Morgan fingerprint density at radius 2 is 1.88 bits per heavy atom. The molecule has 170 valence electrons. The lowest BCUT2D eigenvalue weighted by Crippen LogP contribution is -2.40. The smallest absolute Gasteiger partial charge is 0.241 e. The fourth-order valence-electron chi connectivity index (χ4n) is 3.45. The molecule has 0 aliphatic carbocycles. The number of carbonyl (C=O) groups is 1. The number of ether oxygens (including phenoxy) is 2.